The molecular formula is C16H25N3O2. The topological polar surface area (TPSA) is 55.8 Å². The molecule has 0 atom stereocenters. The zero-order chi connectivity index (χ0) is 15.3. The van der Waals surface area contributed by atoms with Crippen LogP contribution in [0.5, 0.6) is 0 Å². The fourth-order valence-electron chi connectivity index (χ4n) is 2.77. The molecule has 2 N–H and O–H groups in total. The highest BCUT2D eigenvalue weighted by molar-refractivity contribution is 5.79. The Bertz CT molecular complexity index is 454. The summed E-state index contributed by atoms with van der Waals surface area (Å²) in [5.74, 6) is -0.728. The number of rotatable bonds is 6. The summed E-state index contributed by atoms with van der Waals surface area (Å²) in [6.07, 6.45) is 1.26. The Labute approximate surface area is 126 Å². The number of anilines is 1. The standard InChI is InChI=1S/C16H25N3O2/c1-18(2)13-10-17-16(15(20)21)8-11-19(12-9-16)14-6-4-3-5-7-14/h3-7,17H,8-13H2,1-2H3,(H,20,21). The van der Waals surface area contributed by atoms with Gasteiger partial charge in [-0.1, -0.05) is 18.2 Å². The lowest BCUT2D eigenvalue weighted by molar-refractivity contribution is -0.145. The average Bonchev–Trinajstić information content (AvgIpc) is 2.48. The number of benzene rings is 1. The molecule has 1 fully saturated rings. The van der Waals surface area contributed by atoms with E-state index in [9.17, 15) is 9.90 Å². The monoisotopic (exact) mass is 291 g/mol. The molecule has 0 aliphatic carbocycles. The van der Waals surface area contributed by atoms with E-state index >= 15 is 0 Å². The third kappa shape index (κ3) is 3.95. The zero-order valence-electron chi connectivity index (χ0n) is 12.9. The molecule has 0 spiro atoms. The lowest BCUT2D eigenvalue weighted by Crippen LogP contribution is -2.59. The third-order valence-electron chi connectivity index (χ3n) is 4.17. The quantitative estimate of drug-likeness (QED) is 0.826. The first-order valence-corrected chi connectivity index (χ1v) is 7.47. The van der Waals surface area contributed by atoms with Crippen LogP contribution >= 0.6 is 0 Å². The number of para-hydroxylation sites is 1. The van der Waals surface area contributed by atoms with Gasteiger partial charge >= 0.3 is 5.97 Å². The molecule has 21 heavy (non-hydrogen) atoms. The average molecular weight is 291 g/mol. The normalized spacial score (nSPS) is 18.0. The van der Waals surface area contributed by atoms with Gasteiger partial charge in [-0.25, -0.2) is 0 Å². The number of nitrogens with one attached hydrogen (secondary N) is 1. The van der Waals surface area contributed by atoms with Crippen molar-refractivity contribution in [3.63, 3.8) is 0 Å². The van der Waals surface area contributed by atoms with Crippen molar-refractivity contribution in [1.82, 2.24) is 10.2 Å². The van der Waals surface area contributed by atoms with Gasteiger partial charge in [0, 0.05) is 31.9 Å². The van der Waals surface area contributed by atoms with E-state index in [0.29, 0.717) is 19.4 Å². The molecule has 116 valence electrons. The van der Waals surface area contributed by atoms with Crippen LogP contribution in [0.2, 0.25) is 0 Å². The van der Waals surface area contributed by atoms with Crippen LogP contribution in [0.15, 0.2) is 30.3 Å². The summed E-state index contributed by atoms with van der Waals surface area (Å²) in [6.45, 7) is 3.08. The predicted molar refractivity (Wildman–Crippen MR) is 84.8 cm³/mol. The molecule has 5 nitrogen and oxygen atoms in total. The molecule has 0 amide bonds. The number of likely N-dealkylation sites (N-methyl/N-ethyl adjacent to an activating group) is 1. The number of nitrogens with zero attached hydrogens (tertiary/aromatic N) is 2. The molecule has 0 bridgehead atoms. The van der Waals surface area contributed by atoms with Gasteiger partial charge < -0.3 is 20.2 Å². The minimum absolute atomic E-state index is 0.630. The highest BCUT2D eigenvalue weighted by Crippen LogP contribution is 2.26. The molecule has 0 unspecified atom stereocenters. The van der Waals surface area contributed by atoms with Gasteiger partial charge in [-0.05, 0) is 39.1 Å². The summed E-state index contributed by atoms with van der Waals surface area (Å²) >= 11 is 0. The van der Waals surface area contributed by atoms with Gasteiger partial charge in [0.25, 0.3) is 0 Å². The Morgan fingerprint density at radius 3 is 2.43 bits per heavy atom. The summed E-state index contributed by atoms with van der Waals surface area (Å²) in [5, 5.41) is 12.9. The summed E-state index contributed by atoms with van der Waals surface area (Å²) in [6, 6.07) is 10.2. The van der Waals surface area contributed by atoms with Crippen LogP contribution in [0.1, 0.15) is 12.8 Å². The maximum atomic E-state index is 11.7. The first-order chi connectivity index (χ1) is 10.0. The largest absolute Gasteiger partial charge is 0.480 e. The third-order valence-corrected chi connectivity index (χ3v) is 4.17. The smallest absolute Gasteiger partial charge is 0.324 e. The molecule has 0 aromatic heterocycles. The van der Waals surface area contributed by atoms with Gasteiger partial charge in [0.05, 0.1) is 0 Å². The van der Waals surface area contributed by atoms with Gasteiger partial charge in [-0.2, -0.15) is 0 Å². The van der Waals surface area contributed by atoms with E-state index in [0.717, 1.165) is 19.6 Å². The Kier molecular flexibility index (Phi) is 5.20. The van der Waals surface area contributed by atoms with Gasteiger partial charge in [-0.3, -0.25) is 4.79 Å². The predicted octanol–water partition coefficient (Wildman–Crippen LogP) is 1.26. The molecule has 1 aliphatic heterocycles. The Morgan fingerprint density at radius 1 is 1.29 bits per heavy atom. The van der Waals surface area contributed by atoms with E-state index < -0.39 is 11.5 Å². The first-order valence-electron chi connectivity index (χ1n) is 7.47. The molecule has 1 aromatic carbocycles. The number of hydrogen-bond acceptors (Lipinski definition) is 4. The summed E-state index contributed by atoms with van der Waals surface area (Å²) in [7, 11) is 3.99. The number of carboxylic acid groups (broad SMARTS) is 1. The van der Waals surface area contributed by atoms with Crippen LogP contribution in [0, 0.1) is 0 Å². The van der Waals surface area contributed by atoms with Crippen molar-refractivity contribution in [3.05, 3.63) is 30.3 Å². The van der Waals surface area contributed by atoms with E-state index in [-0.39, 0.29) is 0 Å². The SMILES string of the molecule is CN(C)CCNC1(C(=O)O)CCN(c2ccccc2)CC1. The second-order valence-electron chi connectivity index (χ2n) is 5.94. The van der Waals surface area contributed by atoms with Crippen LogP contribution < -0.4 is 10.2 Å². The summed E-state index contributed by atoms with van der Waals surface area (Å²) < 4.78 is 0. The van der Waals surface area contributed by atoms with Crippen molar-refractivity contribution in [2.24, 2.45) is 0 Å². The second-order valence-corrected chi connectivity index (χ2v) is 5.94. The maximum absolute atomic E-state index is 11.7. The molecule has 0 radical (unpaired) electrons. The van der Waals surface area contributed by atoms with Crippen LogP contribution in [-0.2, 0) is 4.79 Å². The zero-order valence-corrected chi connectivity index (χ0v) is 12.9. The Morgan fingerprint density at radius 2 is 1.90 bits per heavy atom. The molecule has 1 heterocycles. The second kappa shape index (κ2) is 6.91. The van der Waals surface area contributed by atoms with Crippen LogP contribution in [0.4, 0.5) is 5.69 Å². The van der Waals surface area contributed by atoms with E-state index in [1.807, 2.05) is 32.3 Å². The van der Waals surface area contributed by atoms with E-state index in [1.165, 1.54) is 5.69 Å². The van der Waals surface area contributed by atoms with Crippen molar-refractivity contribution in [2.75, 3.05) is 45.2 Å². The fraction of sp³-hybridized carbons (Fsp3) is 0.562. The summed E-state index contributed by atoms with van der Waals surface area (Å²) in [4.78, 5) is 16.0. The number of piperidine rings is 1. The van der Waals surface area contributed by atoms with E-state index in [2.05, 4.69) is 27.2 Å². The maximum Gasteiger partial charge on any atom is 0.324 e. The van der Waals surface area contributed by atoms with Gasteiger partial charge in [0.1, 0.15) is 5.54 Å². The molecule has 1 aliphatic rings. The van der Waals surface area contributed by atoms with E-state index in [4.69, 9.17) is 0 Å². The number of carbonyl (C=O) groups is 1. The van der Waals surface area contributed by atoms with Gasteiger partial charge in [0.15, 0.2) is 0 Å². The van der Waals surface area contributed by atoms with Crippen LogP contribution in [-0.4, -0.2) is 61.8 Å². The Balaban J connectivity index is 1.96. The molecule has 5 heteroatoms. The van der Waals surface area contributed by atoms with E-state index in [1.54, 1.807) is 0 Å². The van der Waals surface area contributed by atoms with Crippen molar-refractivity contribution in [2.45, 2.75) is 18.4 Å². The molecule has 1 aromatic rings. The van der Waals surface area contributed by atoms with Crippen LogP contribution in [0.25, 0.3) is 0 Å². The summed E-state index contributed by atoms with van der Waals surface area (Å²) in [5.41, 5.74) is 0.395. The molecule has 0 saturated carbocycles. The molecule has 2 rings (SSSR count). The van der Waals surface area contributed by atoms with Crippen LogP contribution in [0.3, 0.4) is 0 Å². The minimum Gasteiger partial charge on any atom is -0.480 e. The number of hydrogen-bond donors (Lipinski definition) is 2. The highest BCUT2D eigenvalue weighted by Gasteiger charge is 2.41. The van der Waals surface area contributed by atoms with Crippen molar-refractivity contribution >= 4 is 11.7 Å². The van der Waals surface area contributed by atoms with Crippen molar-refractivity contribution in [3.8, 4) is 0 Å². The molecule has 1 saturated heterocycles. The lowest BCUT2D eigenvalue weighted by Gasteiger charge is -2.40. The van der Waals surface area contributed by atoms with Gasteiger partial charge in [0.2, 0.25) is 0 Å². The van der Waals surface area contributed by atoms with Crippen molar-refractivity contribution < 1.29 is 9.90 Å². The Hall–Kier alpha value is -1.59. The lowest BCUT2D eigenvalue weighted by atomic mass is 9.87. The minimum atomic E-state index is -0.776. The number of aliphatic carboxylic acids is 1. The van der Waals surface area contributed by atoms with Gasteiger partial charge in [-0.15, -0.1) is 0 Å². The fourth-order valence-corrected chi connectivity index (χ4v) is 2.77. The number of carboxylic acids is 1. The first kappa shape index (κ1) is 15.8. The van der Waals surface area contributed by atoms with Crippen molar-refractivity contribution in [1.29, 1.82) is 0 Å². The molecular weight excluding hydrogens is 266 g/mol. The highest BCUT2D eigenvalue weighted by atomic mass is 16.4.